The number of phenols is 1. The van der Waals surface area contributed by atoms with Gasteiger partial charge in [-0.1, -0.05) is 38.0 Å². The first kappa shape index (κ1) is 28.4. The fourth-order valence-corrected chi connectivity index (χ4v) is 4.54. The normalized spacial score (nSPS) is 16.4. The Balaban J connectivity index is 1.76. The summed E-state index contributed by atoms with van der Waals surface area (Å²) in [6.07, 6.45) is 2.75. The Bertz CT molecular complexity index is 1410. The van der Waals surface area contributed by atoms with Crippen LogP contribution < -0.4 is 9.64 Å². The van der Waals surface area contributed by atoms with Crippen molar-refractivity contribution in [1.29, 1.82) is 0 Å². The van der Waals surface area contributed by atoms with E-state index >= 15 is 0 Å². The highest BCUT2D eigenvalue weighted by Gasteiger charge is 2.47. The molecule has 1 amide bonds. The molecule has 3 aromatic carbocycles. The Morgan fingerprint density at radius 3 is 2.30 bits per heavy atom. The Morgan fingerprint density at radius 1 is 0.950 bits per heavy atom. The molecule has 0 radical (unpaired) electrons. The zero-order valence-corrected chi connectivity index (χ0v) is 22.8. The number of aromatic hydroxyl groups is 1. The number of ketones is 1. The molecule has 0 aromatic heterocycles. The molecule has 2 N–H and O–H groups in total. The van der Waals surface area contributed by atoms with Gasteiger partial charge in [-0.3, -0.25) is 14.5 Å². The molecule has 1 heterocycles. The van der Waals surface area contributed by atoms with Crippen molar-refractivity contribution in [3.8, 4) is 11.5 Å². The van der Waals surface area contributed by atoms with Crippen molar-refractivity contribution < 1.29 is 34.1 Å². The Labute approximate surface area is 233 Å². The monoisotopic (exact) mass is 543 g/mol. The van der Waals surface area contributed by atoms with Gasteiger partial charge < -0.3 is 19.7 Å². The molecular weight excluding hydrogens is 510 g/mol. The van der Waals surface area contributed by atoms with Crippen molar-refractivity contribution in [2.45, 2.75) is 52.2 Å². The Hall–Kier alpha value is -4.59. The number of unbranched alkanes of at least 4 members (excludes halogenated alkanes) is 2. The van der Waals surface area contributed by atoms with Crippen LogP contribution >= 0.6 is 0 Å². The minimum atomic E-state index is -1.01. The van der Waals surface area contributed by atoms with E-state index in [4.69, 9.17) is 9.47 Å². The Kier molecular flexibility index (Phi) is 8.89. The van der Waals surface area contributed by atoms with Crippen molar-refractivity contribution in [3.05, 3.63) is 95.1 Å². The molecule has 1 saturated heterocycles. The predicted molar refractivity (Wildman–Crippen MR) is 151 cm³/mol. The van der Waals surface area contributed by atoms with Crippen LogP contribution in [0.3, 0.4) is 0 Å². The van der Waals surface area contributed by atoms with Gasteiger partial charge in [0, 0.05) is 11.3 Å². The predicted octanol–water partition coefficient (Wildman–Crippen LogP) is 6.15. The lowest BCUT2D eigenvalue weighted by atomic mass is 9.95. The molecule has 1 aliphatic heterocycles. The second-order valence-corrected chi connectivity index (χ2v) is 9.84. The minimum absolute atomic E-state index is 0.00801. The van der Waals surface area contributed by atoms with E-state index in [2.05, 4.69) is 6.92 Å². The highest BCUT2D eigenvalue weighted by atomic mass is 16.5. The van der Waals surface area contributed by atoms with E-state index < -0.39 is 23.7 Å². The first-order valence-electron chi connectivity index (χ1n) is 13.4. The van der Waals surface area contributed by atoms with Gasteiger partial charge in [-0.05, 0) is 80.4 Å². The van der Waals surface area contributed by atoms with Gasteiger partial charge in [-0.2, -0.15) is 0 Å². The second kappa shape index (κ2) is 12.5. The molecule has 8 nitrogen and oxygen atoms in total. The fourth-order valence-electron chi connectivity index (χ4n) is 4.54. The molecular formula is C32H33NO7. The number of hydrogen-bond acceptors (Lipinski definition) is 7. The van der Waals surface area contributed by atoms with Crippen molar-refractivity contribution in [1.82, 2.24) is 0 Å². The molecule has 1 unspecified atom stereocenters. The van der Waals surface area contributed by atoms with E-state index in [-0.39, 0.29) is 34.4 Å². The van der Waals surface area contributed by atoms with Crippen LogP contribution in [0.2, 0.25) is 0 Å². The van der Waals surface area contributed by atoms with Crippen LogP contribution in [0, 0.1) is 0 Å². The highest BCUT2D eigenvalue weighted by Crippen LogP contribution is 2.42. The summed E-state index contributed by atoms with van der Waals surface area (Å²) >= 11 is 0. The summed E-state index contributed by atoms with van der Waals surface area (Å²) in [5, 5.41) is 21.2. The average molecular weight is 544 g/mol. The van der Waals surface area contributed by atoms with Crippen LogP contribution in [0.5, 0.6) is 11.5 Å². The van der Waals surface area contributed by atoms with Crippen molar-refractivity contribution >= 4 is 29.1 Å². The molecule has 8 heteroatoms. The van der Waals surface area contributed by atoms with Gasteiger partial charge in [-0.15, -0.1) is 0 Å². The standard InChI is InChI=1S/C32H33NO7/c1-4-5-6-18-39-26-16-12-22(13-17-26)29(35)27-28(21-10-14-25(34)15-11-21)33(31(37)30(27)36)24-9-7-8-23(19-24)32(38)40-20(2)3/h7-17,19-20,28,34-35H,4-6,18H2,1-3H3/b29-27+. The van der Waals surface area contributed by atoms with Crippen LogP contribution in [0.4, 0.5) is 5.69 Å². The van der Waals surface area contributed by atoms with Gasteiger partial charge in [0.1, 0.15) is 17.3 Å². The second-order valence-electron chi connectivity index (χ2n) is 9.84. The van der Waals surface area contributed by atoms with Gasteiger partial charge in [0.2, 0.25) is 0 Å². The number of ether oxygens (including phenoxy) is 2. The minimum Gasteiger partial charge on any atom is -0.508 e. The van der Waals surface area contributed by atoms with Crippen LogP contribution in [0.1, 0.15) is 67.6 Å². The third kappa shape index (κ3) is 6.17. The van der Waals surface area contributed by atoms with Crippen LogP contribution in [-0.2, 0) is 14.3 Å². The number of esters is 1. The number of carbonyl (C=O) groups excluding carboxylic acids is 3. The van der Waals surface area contributed by atoms with Crippen LogP contribution in [0.25, 0.3) is 5.76 Å². The molecule has 4 rings (SSSR count). The molecule has 40 heavy (non-hydrogen) atoms. The van der Waals surface area contributed by atoms with E-state index in [0.717, 1.165) is 19.3 Å². The summed E-state index contributed by atoms with van der Waals surface area (Å²) in [5.41, 5.74) is 1.23. The van der Waals surface area contributed by atoms with Gasteiger partial charge in [0.05, 0.1) is 29.9 Å². The number of amides is 1. The molecule has 1 atom stereocenters. The zero-order chi connectivity index (χ0) is 28.8. The molecule has 0 spiro atoms. The van der Waals surface area contributed by atoms with Crippen LogP contribution in [-0.4, -0.2) is 40.6 Å². The molecule has 1 aliphatic rings. The van der Waals surface area contributed by atoms with Gasteiger partial charge in [-0.25, -0.2) is 4.79 Å². The largest absolute Gasteiger partial charge is 0.508 e. The summed E-state index contributed by atoms with van der Waals surface area (Å²) in [6, 6.07) is 17.9. The maximum absolute atomic E-state index is 13.4. The SMILES string of the molecule is CCCCCOc1ccc(/C(O)=C2\C(=O)C(=O)N(c3cccc(C(=O)OC(C)C)c3)C2c2ccc(O)cc2)cc1. The van der Waals surface area contributed by atoms with E-state index in [1.165, 1.54) is 23.1 Å². The maximum atomic E-state index is 13.4. The summed E-state index contributed by atoms with van der Waals surface area (Å²) in [4.78, 5) is 40.7. The summed E-state index contributed by atoms with van der Waals surface area (Å²) in [7, 11) is 0. The fraction of sp³-hybridized carbons (Fsp3) is 0.281. The summed E-state index contributed by atoms with van der Waals surface area (Å²) in [6.45, 7) is 6.16. The zero-order valence-electron chi connectivity index (χ0n) is 22.8. The molecule has 208 valence electrons. The lowest BCUT2D eigenvalue weighted by Crippen LogP contribution is -2.29. The number of phenolic OH excluding ortho intramolecular Hbond substituents is 1. The lowest BCUT2D eigenvalue weighted by Gasteiger charge is -2.26. The number of benzene rings is 3. The third-order valence-electron chi connectivity index (χ3n) is 6.50. The number of nitrogens with zero attached hydrogens (tertiary/aromatic N) is 1. The van der Waals surface area contributed by atoms with E-state index in [1.807, 2.05) is 0 Å². The molecule has 0 saturated carbocycles. The first-order valence-corrected chi connectivity index (χ1v) is 13.4. The number of hydrogen-bond donors (Lipinski definition) is 2. The lowest BCUT2D eigenvalue weighted by molar-refractivity contribution is -0.132. The van der Waals surface area contributed by atoms with Crippen molar-refractivity contribution in [2.75, 3.05) is 11.5 Å². The molecule has 1 fully saturated rings. The number of rotatable bonds is 10. The van der Waals surface area contributed by atoms with E-state index in [9.17, 15) is 24.6 Å². The number of aliphatic hydroxyl groups is 1. The molecule has 0 bridgehead atoms. The highest BCUT2D eigenvalue weighted by molar-refractivity contribution is 6.51. The number of carbonyl (C=O) groups is 3. The Morgan fingerprint density at radius 2 is 1.65 bits per heavy atom. The number of Topliss-reactive ketones (excluding diaryl/α,β-unsaturated/α-hetero) is 1. The van der Waals surface area contributed by atoms with E-state index in [0.29, 0.717) is 23.5 Å². The third-order valence-corrected chi connectivity index (χ3v) is 6.50. The van der Waals surface area contributed by atoms with Crippen molar-refractivity contribution in [3.63, 3.8) is 0 Å². The van der Waals surface area contributed by atoms with Gasteiger partial charge >= 0.3 is 5.97 Å². The number of anilines is 1. The average Bonchev–Trinajstić information content (AvgIpc) is 3.21. The summed E-state index contributed by atoms with van der Waals surface area (Å²) in [5.74, 6) is -1.99. The first-order chi connectivity index (χ1) is 19.2. The maximum Gasteiger partial charge on any atom is 0.338 e. The van der Waals surface area contributed by atoms with E-state index in [1.54, 1.807) is 68.4 Å². The van der Waals surface area contributed by atoms with Crippen molar-refractivity contribution in [2.24, 2.45) is 0 Å². The number of aliphatic hydroxyl groups excluding tert-OH is 1. The molecule has 0 aliphatic carbocycles. The quantitative estimate of drug-likeness (QED) is 0.104. The van der Waals surface area contributed by atoms with Crippen LogP contribution in [0.15, 0.2) is 78.4 Å². The summed E-state index contributed by atoms with van der Waals surface area (Å²) < 4.78 is 11.0. The van der Waals surface area contributed by atoms with Gasteiger partial charge in [0.25, 0.3) is 11.7 Å². The smallest absolute Gasteiger partial charge is 0.338 e. The topological polar surface area (TPSA) is 113 Å². The molecule has 3 aromatic rings. The van der Waals surface area contributed by atoms with Gasteiger partial charge in [0.15, 0.2) is 0 Å².